The summed E-state index contributed by atoms with van der Waals surface area (Å²) in [5.41, 5.74) is -3.25. The van der Waals surface area contributed by atoms with Crippen LogP contribution in [0.15, 0.2) is 5.57 Å². The van der Waals surface area contributed by atoms with Gasteiger partial charge in [-0.1, -0.05) is 0 Å². The van der Waals surface area contributed by atoms with Crippen molar-refractivity contribution in [3.8, 4) is 0 Å². The monoisotopic (exact) mass is 261 g/mol. The second-order valence-electron chi connectivity index (χ2n) is 5.48. The minimum absolute atomic E-state index is 0.512. The van der Waals surface area contributed by atoms with Crippen LogP contribution in [0.5, 0.6) is 0 Å². The van der Waals surface area contributed by atoms with Gasteiger partial charge in [0.2, 0.25) is 0 Å². The predicted octanol–water partition coefficient (Wildman–Crippen LogP) is 1.61. The summed E-state index contributed by atoms with van der Waals surface area (Å²) in [6.07, 6.45) is 0. The zero-order chi connectivity index (χ0) is 14.7. The molecule has 0 radical (unpaired) electrons. The molecule has 0 saturated carbocycles. The third-order valence-corrected chi connectivity index (χ3v) is 2.04. The van der Waals surface area contributed by atoms with Gasteiger partial charge < -0.3 is 5.11 Å². The van der Waals surface area contributed by atoms with Gasteiger partial charge in [-0.15, -0.1) is 0 Å². The number of likely N-dealkylation sites (N-methyl/N-ethyl adjacent to an activating group) is 1. The Morgan fingerprint density at radius 3 is 2.00 bits per heavy atom. The SMILES string of the molecule is CN(OC(C)(C)C)[C@H](C(=O)O)C(=C=O)C(C)(C)F. The number of carbonyl (C=O) groups is 1. The van der Waals surface area contributed by atoms with Crippen molar-refractivity contribution in [2.24, 2.45) is 0 Å². The summed E-state index contributed by atoms with van der Waals surface area (Å²) in [7, 11) is 1.34. The van der Waals surface area contributed by atoms with Crippen molar-refractivity contribution >= 4 is 11.9 Å². The average Bonchev–Trinajstić information content (AvgIpc) is 2.07. The molecule has 5 nitrogen and oxygen atoms in total. The first-order chi connectivity index (χ1) is 7.90. The first kappa shape index (κ1) is 16.8. The van der Waals surface area contributed by atoms with Gasteiger partial charge in [-0.3, -0.25) is 9.63 Å². The Hall–Kier alpha value is -1.23. The van der Waals surface area contributed by atoms with Crippen LogP contribution in [-0.2, 0) is 14.4 Å². The molecule has 1 N–H and O–H groups in total. The van der Waals surface area contributed by atoms with Crippen molar-refractivity contribution in [3.63, 3.8) is 0 Å². The lowest BCUT2D eigenvalue weighted by Crippen LogP contribution is -2.47. The molecule has 1 atom stereocenters. The van der Waals surface area contributed by atoms with Crippen LogP contribution in [0.1, 0.15) is 34.6 Å². The number of carboxylic acids is 1. The maximum atomic E-state index is 13.8. The van der Waals surface area contributed by atoms with Crippen molar-refractivity contribution in [3.05, 3.63) is 5.57 Å². The van der Waals surface area contributed by atoms with Crippen LogP contribution in [0.4, 0.5) is 4.39 Å². The Labute approximate surface area is 106 Å². The van der Waals surface area contributed by atoms with E-state index in [0.29, 0.717) is 0 Å². The van der Waals surface area contributed by atoms with Gasteiger partial charge in [-0.25, -0.2) is 9.18 Å². The molecule has 0 bridgehead atoms. The molecule has 0 heterocycles. The lowest BCUT2D eigenvalue weighted by Gasteiger charge is -2.33. The van der Waals surface area contributed by atoms with Crippen LogP contribution in [0.25, 0.3) is 0 Å². The Morgan fingerprint density at radius 1 is 1.33 bits per heavy atom. The molecular formula is C12H20FNO4. The normalized spacial score (nSPS) is 14.2. The number of hydroxylamine groups is 2. The van der Waals surface area contributed by atoms with Crippen molar-refractivity contribution in [2.75, 3.05) is 7.05 Å². The molecule has 0 aliphatic heterocycles. The summed E-state index contributed by atoms with van der Waals surface area (Å²) < 4.78 is 13.8. The van der Waals surface area contributed by atoms with Crippen LogP contribution in [0.3, 0.4) is 0 Å². The fourth-order valence-electron chi connectivity index (χ4n) is 1.45. The quantitative estimate of drug-likeness (QED) is 0.601. The van der Waals surface area contributed by atoms with E-state index in [1.165, 1.54) is 13.0 Å². The van der Waals surface area contributed by atoms with E-state index < -0.39 is 28.9 Å². The number of aliphatic carboxylic acids is 1. The highest BCUT2D eigenvalue weighted by Gasteiger charge is 2.39. The van der Waals surface area contributed by atoms with Gasteiger partial charge in [-0.05, 0) is 34.6 Å². The van der Waals surface area contributed by atoms with E-state index in [4.69, 9.17) is 9.94 Å². The summed E-state index contributed by atoms with van der Waals surface area (Å²) in [5.74, 6) is 0.00966. The fourth-order valence-corrected chi connectivity index (χ4v) is 1.45. The van der Waals surface area contributed by atoms with Gasteiger partial charge in [0.25, 0.3) is 0 Å². The largest absolute Gasteiger partial charge is 0.480 e. The molecule has 0 aliphatic rings. The Kier molecular flexibility index (Phi) is 5.22. The summed E-state index contributed by atoms with van der Waals surface area (Å²) >= 11 is 0. The number of rotatable bonds is 5. The predicted molar refractivity (Wildman–Crippen MR) is 64.4 cm³/mol. The van der Waals surface area contributed by atoms with Crippen LogP contribution in [0.2, 0.25) is 0 Å². The van der Waals surface area contributed by atoms with Crippen molar-refractivity contribution in [1.29, 1.82) is 0 Å². The Bertz CT molecular complexity index is 361. The molecule has 0 unspecified atom stereocenters. The van der Waals surface area contributed by atoms with E-state index in [9.17, 15) is 14.0 Å². The third kappa shape index (κ3) is 4.96. The number of carbonyl (C=O) groups excluding carboxylic acids is 1. The number of hydrogen-bond donors (Lipinski definition) is 1. The molecule has 0 spiro atoms. The third-order valence-electron chi connectivity index (χ3n) is 2.04. The van der Waals surface area contributed by atoms with Gasteiger partial charge >= 0.3 is 5.97 Å². The molecule has 0 amide bonds. The topological polar surface area (TPSA) is 66.8 Å². The lowest BCUT2D eigenvalue weighted by atomic mass is 9.94. The lowest BCUT2D eigenvalue weighted by molar-refractivity contribution is -0.232. The van der Waals surface area contributed by atoms with E-state index >= 15 is 0 Å². The van der Waals surface area contributed by atoms with Crippen molar-refractivity contribution < 1.29 is 23.9 Å². The molecule has 0 aromatic carbocycles. The van der Waals surface area contributed by atoms with E-state index in [1.807, 2.05) is 0 Å². The maximum absolute atomic E-state index is 13.8. The van der Waals surface area contributed by atoms with Crippen LogP contribution in [-0.4, -0.2) is 46.4 Å². The molecule has 0 saturated heterocycles. The molecule has 18 heavy (non-hydrogen) atoms. The fraction of sp³-hybridized carbons (Fsp3) is 0.750. The van der Waals surface area contributed by atoms with Gasteiger partial charge in [0.05, 0.1) is 11.2 Å². The first-order valence-corrected chi connectivity index (χ1v) is 5.49. The van der Waals surface area contributed by atoms with Gasteiger partial charge in [-0.2, -0.15) is 5.06 Å². The van der Waals surface area contributed by atoms with E-state index in [2.05, 4.69) is 0 Å². The number of halogens is 1. The van der Waals surface area contributed by atoms with Gasteiger partial charge in [0, 0.05) is 7.05 Å². The zero-order valence-corrected chi connectivity index (χ0v) is 11.6. The molecule has 0 aromatic heterocycles. The number of hydrogen-bond acceptors (Lipinski definition) is 4. The minimum Gasteiger partial charge on any atom is -0.480 e. The Balaban J connectivity index is 5.34. The summed E-state index contributed by atoms with van der Waals surface area (Å²) in [5, 5.41) is 10.1. The van der Waals surface area contributed by atoms with E-state index in [1.54, 1.807) is 20.8 Å². The second-order valence-corrected chi connectivity index (χ2v) is 5.48. The standard InChI is InChI=1S/C12H20FNO4/c1-11(2,3)18-14(6)9(10(16)17)8(7-15)12(4,5)13/h9H,1-6H3,(H,16,17)/t9-/m0/s1. The summed E-state index contributed by atoms with van der Waals surface area (Å²) in [4.78, 5) is 27.3. The number of carboxylic acid groups (broad SMARTS) is 1. The van der Waals surface area contributed by atoms with Gasteiger partial charge in [0.15, 0.2) is 6.04 Å². The number of alkyl halides is 1. The molecule has 6 heteroatoms. The molecule has 0 aliphatic carbocycles. The first-order valence-electron chi connectivity index (χ1n) is 5.49. The van der Waals surface area contributed by atoms with Crippen molar-refractivity contribution in [1.82, 2.24) is 5.06 Å². The molecule has 0 rings (SSSR count). The Morgan fingerprint density at radius 2 is 1.78 bits per heavy atom. The van der Waals surface area contributed by atoms with Crippen molar-refractivity contribution in [2.45, 2.75) is 51.9 Å². The van der Waals surface area contributed by atoms with Crippen LogP contribution in [0, 0.1) is 0 Å². The van der Waals surface area contributed by atoms with Crippen LogP contribution < -0.4 is 0 Å². The molecule has 0 aromatic rings. The second kappa shape index (κ2) is 5.61. The number of nitrogens with zero attached hydrogens (tertiary/aromatic N) is 1. The summed E-state index contributed by atoms with van der Waals surface area (Å²) in [6, 6.07) is -1.51. The highest BCUT2D eigenvalue weighted by atomic mass is 19.1. The zero-order valence-electron chi connectivity index (χ0n) is 11.6. The van der Waals surface area contributed by atoms with E-state index in [-0.39, 0.29) is 0 Å². The average molecular weight is 261 g/mol. The summed E-state index contributed by atoms with van der Waals surface area (Å²) in [6.45, 7) is 7.36. The maximum Gasteiger partial charge on any atom is 0.328 e. The van der Waals surface area contributed by atoms with Gasteiger partial charge in [0.1, 0.15) is 11.6 Å². The van der Waals surface area contributed by atoms with E-state index in [0.717, 1.165) is 18.9 Å². The highest BCUT2D eigenvalue weighted by molar-refractivity contribution is 5.82. The molecular weight excluding hydrogens is 241 g/mol. The minimum atomic E-state index is -2.08. The molecule has 0 fully saturated rings. The highest BCUT2D eigenvalue weighted by Crippen LogP contribution is 2.25. The van der Waals surface area contributed by atoms with Crippen LogP contribution >= 0.6 is 0 Å². The molecule has 104 valence electrons. The smallest absolute Gasteiger partial charge is 0.328 e.